The normalized spacial score (nSPS) is 22.5. The number of aryl methyl sites for hydroxylation is 1. The zero-order valence-corrected chi connectivity index (χ0v) is 20.9. The van der Waals surface area contributed by atoms with Crippen molar-refractivity contribution < 1.29 is 27.6 Å². The van der Waals surface area contributed by atoms with Crippen LogP contribution in [0.25, 0.3) is 0 Å². The lowest BCUT2D eigenvalue weighted by Gasteiger charge is -2.30. The van der Waals surface area contributed by atoms with Crippen LogP contribution in [0.1, 0.15) is 40.4 Å². The smallest absolute Gasteiger partial charge is 0.338 e. The Bertz CT molecular complexity index is 1200. The van der Waals surface area contributed by atoms with Gasteiger partial charge in [0.1, 0.15) is 12.6 Å². The maximum atomic E-state index is 14.3. The Balaban J connectivity index is 1.56. The Morgan fingerprint density at radius 2 is 1.94 bits per heavy atom. The summed E-state index contributed by atoms with van der Waals surface area (Å²) in [4.78, 5) is 30.1. The number of likely N-dealkylation sites (N-methyl/N-ethyl adjacent to an activating group) is 1. The molecule has 35 heavy (non-hydrogen) atoms. The summed E-state index contributed by atoms with van der Waals surface area (Å²) in [6.07, 6.45) is -5.06. The molecule has 0 unspecified atom stereocenters. The molecule has 1 N–H and O–H groups in total. The van der Waals surface area contributed by atoms with Gasteiger partial charge in [0.05, 0.1) is 5.71 Å². The van der Waals surface area contributed by atoms with Gasteiger partial charge >= 0.3 is 6.18 Å². The standard InChI is InChI=1S/C23H20Cl2F3N3O3S/c1-3-31-21(33)19(11-34-31)29-20(32)17-5-4-13(6-12(17)2)18-10-22(35-30-18,23(26,27)28)14-7-15(24)9-16(25)8-14/h4-9,19H,3,10-11H2,1-2H3,(H,29,32)/t19-,22+/m1/s1. The van der Waals surface area contributed by atoms with Gasteiger partial charge in [0.25, 0.3) is 11.8 Å². The van der Waals surface area contributed by atoms with Crippen LogP contribution in [-0.4, -0.2) is 48.0 Å². The van der Waals surface area contributed by atoms with Gasteiger partial charge in [-0.1, -0.05) is 29.3 Å². The molecule has 12 heteroatoms. The number of hydroxylamine groups is 2. The first-order valence-corrected chi connectivity index (χ1v) is 12.1. The highest BCUT2D eigenvalue weighted by Gasteiger charge is 2.60. The summed E-state index contributed by atoms with van der Waals surface area (Å²) in [6.45, 7) is 3.82. The van der Waals surface area contributed by atoms with Gasteiger partial charge in [-0.05, 0) is 72.8 Å². The number of hydrogen-bond acceptors (Lipinski definition) is 5. The first-order chi connectivity index (χ1) is 16.4. The Morgan fingerprint density at radius 1 is 1.26 bits per heavy atom. The third kappa shape index (κ3) is 4.89. The number of hydrogen-bond donors (Lipinski definition) is 1. The van der Waals surface area contributed by atoms with E-state index in [9.17, 15) is 22.8 Å². The summed E-state index contributed by atoms with van der Waals surface area (Å²) in [7, 11) is 0. The van der Waals surface area contributed by atoms with E-state index in [0.29, 0.717) is 35.2 Å². The van der Waals surface area contributed by atoms with Crippen molar-refractivity contribution in [2.24, 2.45) is 4.40 Å². The number of halogens is 5. The van der Waals surface area contributed by atoms with Gasteiger partial charge in [0.2, 0.25) is 0 Å². The molecule has 0 aromatic heterocycles. The first-order valence-electron chi connectivity index (χ1n) is 10.6. The van der Waals surface area contributed by atoms with E-state index in [4.69, 9.17) is 28.0 Å². The number of carbonyl (C=O) groups excluding carboxylic acids is 2. The molecule has 4 rings (SSSR count). The van der Waals surface area contributed by atoms with Gasteiger partial charge in [-0.25, -0.2) is 9.46 Å². The van der Waals surface area contributed by atoms with Crippen molar-refractivity contribution >= 4 is 52.7 Å². The lowest BCUT2D eigenvalue weighted by atomic mass is 9.89. The fraction of sp³-hybridized carbons (Fsp3) is 0.348. The largest absolute Gasteiger partial charge is 0.409 e. The SMILES string of the molecule is CCN1OC[C@@H](NC(=O)c2ccc(C3=NS[C@@](c4cc(Cl)cc(Cl)c4)(C(F)(F)F)C3)cc2C)C1=O. The number of alkyl halides is 3. The highest BCUT2D eigenvalue weighted by atomic mass is 35.5. The molecule has 2 aliphatic rings. The van der Waals surface area contributed by atoms with E-state index in [0.717, 1.165) is 0 Å². The summed E-state index contributed by atoms with van der Waals surface area (Å²) < 4.78 is 44.7. The molecule has 2 heterocycles. The number of carbonyl (C=O) groups is 2. The molecule has 0 bridgehead atoms. The number of rotatable bonds is 5. The van der Waals surface area contributed by atoms with Crippen LogP contribution < -0.4 is 5.32 Å². The topological polar surface area (TPSA) is 71.0 Å². The molecule has 1 saturated heterocycles. The maximum absolute atomic E-state index is 14.3. The van der Waals surface area contributed by atoms with Gasteiger partial charge < -0.3 is 5.32 Å². The van der Waals surface area contributed by atoms with Crippen LogP contribution >= 0.6 is 35.1 Å². The van der Waals surface area contributed by atoms with Crippen molar-refractivity contribution in [1.29, 1.82) is 0 Å². The van der Waals surface area contributed by atoms with E-state index in [1.165, 1.54) is 29.3 Å². The molecule has 0 aliphatic carbocycles. The molecular weight excluding hydrogens is 526 g/mol. The fourth-order valence-corrected chi connectivity index (χ4v) is 5.49. The van der Waals surface area contributed by atoms with Gasteiger partial charge in [-0.2, -0.15) is 13.2 Å². The molecule has 186 valence electrons. The maximum Gasteiger partial charge on any atom is 0.409 e. The van der Waals surface area contributed by atoms with E-state index in [1.54, 1.807) is 26.0 Å². The highest BCUT2D eigenvalue weighted by molar-refractivity contribution is 7.99. The van der Waals surface area contributed by atoms with Crippen LogP contribution in [0, 0.1) is 6.92 Å². The molecule has 0 radical (unpaired) electrons. The van der Waals surface area contributed by atoms with E-state index < -0.39 is 29.3 Å². The van der Waals surface area contributed by atoms with Gasteiger partial charge in [0.15, 0.2) is 4.75 Å². The predicted molar refractivity (Wildman–Crippen MR) is 129 cm³/mol. The molecular formula is C23H20Cl2F3N3O3S. The Hall–Kier alpha value is -2.27. The molecule has 2 aromatic carbocycles. The Labute approximate surface area is 213 Å². The minimum Gasteiger partial charge on any atom is -0.338 e. The monoisotopic (exact) mass is 545 g/mol. The minimum atomic E-state index is -4.63. The van der Waals surface area contributed by atoms with Crippen molar-refractivity contribution in [3.8, 4) is 0 Å². The lowest BCUT2D eigenvalue weighted by molar-refractivity contribution is -0.160. The average molecular weight is 546 g/mol. The molecule has 0 saturated carbocycles. The van der Waals surface area contributed by atoms with E-state index in [2.05, 4.69) is 9.71 Å². The highest BCUT2D eigenvalue weighted by Crippen LogP contribution is 2.57. The third-order valence-electron chi connectivity index (χ3n) is 5.85. The van der Waals surface area contributed by atoms with Crippen LogP contribution in [0.4, 0.5) is 13.2 Å². The zero-order chi connectivity index (χ0) is 25.5. The average Bonchev–Trinajstić information content (AvgIpc) is 3.38. The molecule has 1 fully saturated rings. The lowest BCUT2D eigenvalue weighted by Crippen LogP contribution is -2.42. The second kappa shape index (κ2) is 9.65. The first kappa shape index (κ1) is 25.8. The molecule has 2 aliphatic heterocycles. The summed E-state index contributed by atoms with van der Waals surface area (Å²) in [5.74, 6) is -0.813. The summed E-state index contributed by atoms with van der Waals surface area (Å²) in [5.41, 5.74) is 1.44. The van der Waals surface area contributed by atoms with Gasteiger partial charge in [0, 0.05) is 28.6 Å². The molecule has 6 nitrogen and oxygen atoms in total. The Morgan fingerprint density at radius 3 is 2.51 bits per heavy atom. The van der Waals surface area contributed by atoms with Crippen LogP contribution in [-0.2, 0) is 14.4 Å². The van der Waals surface area contributed by atoms with Crippen molar-refractivity contribution in [2.75, 3.05) is 13.2 Å². The van der Waals surface area contributed by atoms with E-state index in [-0.39, 0.29) is 33.8 Å². The van der Waals surface area contributed by atoms with E-state index >= 15 is 0 Å². The van der Waals surface area contributed by atoms with Crippen molar-refractivity contribution in [1.82, 2.24) is 10.4 Å². The predicted octanol–water partition coefficient (Wildman–Crippen LogP) is 5.49. The Kier molecular flexibility index (Phi) is 7.11. The number of nitrogens with zero attached hydrogens (tertiary/aromatic N) is 2. The van der Waals surface area contributed by atoms with Crippen molar-refractivity contribution in [3.05, 3.63) is 68.7 Å². The number of benzene rings is 2. The molecule has 2 aromatic rings. The van der Waals surface area contributed by atoms with Crippen molar-refractivity contribution in [3.63, 3.8) is 0 Å². The fourth-order valence-electron chi connectivity index (χ4n) is 4.00. The third-order valence-corrected chi connectivity index (χ3v) is 7.52. The summed E-state index contributed by atoms with van der Waals surface area (Å²) in [5, 5.41) is 4.02. The van der Waals surface area contributed by atoms with Crippen molar-refractivity contribution in [2.45, 2.75) is 37.2 Å². The van der Waals surface area contributed by atoms with Gasteiger partial charge in [-0.3, -0.25) is 14.4 Å². The molecule has 0 spiro atoms. The molecule has 2 amide bonds. The summed E-state index contributed by atoms with van der Waals surface area (Å²) >= 11 is 12.4. The minimum absolute atomic E-state index is 0.0383. The zero-order valence-electron chi connectivity index (χ0n) is 18.6. The molecule has 2 atom stereocenters. The second-order valence-corrected chi connectivity index (χ2v) is 10.1. The van der Waals surface area contributed by atoms with Crippen LogP contribution in [0.15, 0.2) is 40.8 Å². The quantitative estimate of drug-likeness (QED) is 0.504. The van der Waals surface area contributed by atoms with Crippen LogP contribution in [0.2, 0.25) is 10.0 Å². The number of amides is 2. The summed E-state index contributed by atoms with van der Waals surface area (Å²) in [6, 6.07) is 7.73. The van der Waals surface area contributed by atoms with Crippen LogP contribution in [0.3, 0.4) is 0 Å². The van der Waals surface area contributed by atoms with E-state index in [1.807, 2.05) is 0 Å². The number of nitrogens with one attached hydrogen (secondary N) is 1. The second-order valence-electron chi connectivity index (χ2n) is 8.17. The van der Waals surface area contributed by atoms with Crippen LogP contribution in [0.5, 0.6) is 0 Å². The van der Waals surface area contributed by atoms with Gasteiger partial charge in [-0.15, -0.1) is 0 Å².